The fraction of sp³-hybridized carbons (Fsp3) is 0.0286. The first kappa shape index (κ1) is 42.8. The topological polar surface area (TPSA) is 8.17 Å². The smallest absolute Gasteiger partial charge is 0.0541 e. The molecule has 0 atom stereocenters. The van der Waals surface area contributed by atoms with Crippen molar-refractivity contribution in [2.75, 3.05) is 4.90 Å². The van der Waals surface area contributed by atoms with Gasteiger partial charge < -0.3 is 9.47 Å². The van der Waals surface area contributed by atoms with E-state index in [1.54, 1.807) is 0 Å². The van der Waals surface area contributed by atoms with Crippen molar-refractivity contribution in [2.24, 2.45) is 0 Å². The van der Waals surface area contributed by atoms with Crippen molar-refractivity contribution in [1.82, 2.24) is 4.57 Å². The first-order valence-electron chi connectivity index (χ1n) is 25.2. The lowest BCUT2D eigenvalue weighted by atomic mass is 9.91. The highest BCUT2D eigenvalue weighted by Gasteiger charge is 2.33. The molecule has 0 unspecified atom stereocenters. The van der Waals surface area contributed by atoms with Gasteiger partial charge in [-0.25, -0.2) is 0 Å². The molecule has 14 rings (SSSR count). The summed E-state index contributed by atoms with van der Waals surface area (Å²) >= 11 is 0. The highest BCUT2D eigenvalue weighted by molar-refractivity contribution is 6.19. The molecule has 12 aromatic rings. The van der Waals surface area contributed by atoms with Crippen LogP contribution in [-0.4, -0.2) is 4.57 Å². The molecule has 0 N–H and O–H groups in total. The normalized spacial score (nSPS) is 12.0. The van der Waals surface area contributed by atoms with E-state index >= 15 is 0 Å². The molecule has 0 amide bonds. The average molecular weight is 919 g/mol. The fourth-order valence-corrected chi connectivity index (χ4v) is 11.3. The van der Waals surface area contributed by atoms with Gasteiger partial charge in [0.15, 0.2) is 0 Å². The maximum atomic E-state index is 2.43. The Labute approximate surface area is 421 Å². The van der Waals surface area contributed by atoms with E-state index in [0.717, 1.165) is 22.7 Å². The van der Waals surface area contributed by atoms with Gasteiger partial charge in [-0.05, 0) is 156 Å². The zero-order chi connectivity index (χ0) is 48.1. The fourth-order valence-electron chi connectivity index (χ4n) is 11.3. The van der Waals surface area contributed by atoms with Gasteiger partial charge in [0, 0.05) is 33.5 Å². The number of benzene rings is 11. The summed E-state index contributed by atoms with van der Waals surface area (Å²) in [6.07, 6.45) is 0. The molecule has 2 heteroatoms. The van der Waals surface area contributed by atoms with Crippen molar-refractivity contribution < 1.29 is 0 Å². The highest BCUT2D eigenvalue weighted by Crippen LogP contribution is 2.55. The highest BCUT2D eigenvalue weighted by atomic mass is 15.1. The molecule has 340 valence electrons. The van der Waals surface area contributed by atoms with E-state index in [2.05, 4.69) is 276 Å². The zero-order valence-corrected chi connectivity index (χ0v) is 40.3. The number of anilines is 3. The Morgan fingerprint density at radius 3 is 1.18 bits per heavy atom. The van der Waals surface area contributed by atoms with Crippen LogP contribution in [0.4, 0.5) is 17.1 Å². The lowest BCUT2D eigenvalue weighted by molar-refractivity contribution is 1.18. The van der Waals surface area contributed by atoms with Crippen LogP contribution in [0.3, 0.4) is 0 Å². The van der Waals surface area contributed by atoms with Crippen LogP contribution in [0.1, 0.15) is 36.1 Å². The Hall–Kier alpha value is -9.24. The SMILES string of the molecule is CC.c1ccc(-c2ccc(-c3ccc(N(c4ccc(-c5ccc6c(c5)c5ccccc5n6-c5ccccc5)cc4)c4ccc5c(c4)C(=C4c6ccccc6-c6ccccc64)c4ccccc4-5)cc3)cc2)cc1. The van der Waals surface area contributed by atoms with E-state index in [1.807, 2.05) is 13.8 Å². The van der Waals surface area contributed by atoms with Crippen LogP contribution >= 0.6 is 0 Å². The Morgan fingerprint density at radius 2 is 0.625 bits per heavy atom. The van der Waals surface area contributed by atoms with E-state index in [0.29, 0.717) is 0 Å². The quantitative estimate of drug-likeness (QED) is 0.155. The van der Waals surface area contributed by atoms with Gasteiger partial charge in [0.05, 0.1) is 11.0 Å². The van der Waals surface area contributed by atoms with Crippen LogP contribution < -0.4 is 4.90 Å². The van der Waals surface area contributed by atoms with Gasteiger partial charge in [-0.3, -0.25) is 0 Å². The summed E-state index contributed by atoms with van der Waals surface area (Å²) < 4.78 is 2.38. The summed E-state index contributed by atoms with van der Waals surface area (Å²) in [6.45, 7) is 4.00. The van der Waals surface area contributed by atoms with E-state index in [1.165, 1.54) is 111 Å². The van der Waals surface area contributed by atoms with Gasteiger partial charge in [0.2, 0.25) is 0 Å². The number of hydrogen-bond donors (Lipinski definition) is 0. The monoisotopic (exact) mass is 918 g/mol. The van der Waals surface area contributed by atoms with Gasteiger partial charge >= 0.3 is 0 Å². The predicted octanol–water partition coefficient (Wildman–Crippen LogP) is 19.2. The third-order valence-electron chi connectivity index (χ3n) is 14.5. The molecule has 0 aliphatic heterocycles. The maximum Gasteiger partial charge on any atom is 0.0541 e. The number of nitrogens with zero attached hydrogens (tertiary/aromatic N) is 2. The third-order valence-corrected chi connectivity index (χ3v) is 14.5. The van der Waals surface area contributed by atoms with E-state index in [4.69, 9.17) is 0 Å². The molecule has 2 nitrogen and oxygen atoms in total. The lowest BCUT2D eigenvalue weighted by Crippen LogP contribution is -2.10. The Kier molecular flexibility index (Phi) is 10.7. The first-order valence-corrected chi connectivity index (χ1v) is 25.2. The van der Waals surface area contributed by atoms with E-state index in [9.17, 15) is 0 Å². The average Bonchev–Trinajstić information content (AvgIpc) is 4.09. The second-order valence-corrected chi connectivity index (χ2v) is 18.4. The van der Waals surface area contributed by atoms with Crippen molar-refractivity contribution in [2.45, 2.75) is 13.8 Å². The standard InChI is InChI=1S/C68H44N2.C2H6/c1-3-15-45(16-4-1)46-27-29-47(30-28-46)48-31-36-52(37-32-48)69(53-38-33-49(34-39-53)50-35-42-66-63(43-50)59-22-13-14-26-65(59)70(66)51-17-5-2-6-18-51)54-40-41-58-57-21-9-12-25-62(57)68(64(58)44-54)67-60-23-10-7-19-55(60)56-20-8-11-24-61(56)67;1-2/h1-44H;1-2H3. The van der Waals surface area contributed by atoms with Crippen molar-refractivity contribution in [3.8, 4) is 61.3 Å². The minimum atomic E-state index is 1.09. The van der Waals surface area contributed by atoms with Crippen LogP contribution in [0, 0.1) is 0 Å². The number of para-hydroxylation sites is 2. The Balaban J connectivity index is 0.00000249. The van der Waals surface area contributed by atoms with Gasteiger partial charge in [0.25, 0.3) is 0 Å². The lowest BCUT2D eigenvalue weighted by Gasteiger charge is -2.27. The Bertz CT molecular complexity index is 3960. The largest absolute Gasteiger partial charge is 0.310 e. The van der Waals surface area contributed by atoms with Gasteiger partial charge in [-0.15, -0.1) is 0 Å². The van der Waals surface area contributed by atoms with Crippen molar-refractivity contribution >= 4 is 50.0 Å². The molecular formula is C70H50N2. The second-order valence-electron chi connectivity index (χ2n) is 18.4. The molecule has 72 heavy (non-hydrogen) atoms. The molecule has 0 spiro atoms. The molecule has 1 heterocycles. The molecule has 2 aliphatic carbocycles. The summed E-state index contributed by atoms with van der Waals surface area (Å²) in [5, 5.41) is 2.49. The molecule has 0 bridgehead atoms. The molecule has 1 aromatic heterocycles. The number of rotatable bonds is 7. The third kappa shape index (κ3) is 7.10. The number of fused-ring (bicyclic) bond motifs is 9. The molecule has 0 fully saturated rings. The molecule has 11 aromatic carbocycles. The predicted molar refractivity (Wildman–Crippen MR) is 305 cm³/mol. The molecule has 2 aliphatic rings. The van der Waals surface area contributed by atoms with Crippen LogP contribution in [0.2, 0.25) is 0 Å². The second kappa shape index (κ2) is 17.9. The summed E-state index contributed by atoms with van der Waals surface area (Å²) in [5.74, 6) is 0. The number of aromatic nitrogens is 1. The summed E-state index contributed by atoms with van der Waals surface area (Å²) in [7, 11) is 0. The number of hydrogen-bond acceptors (Lipinski definition) is 1. The van der Waals surface area contributed by atoms with Crippen molar-refractivity contribution in [1.29, 1.82) is 0 Å². The maximum absolute atomic E-state index is 2.43. The van der Waals surface area contributed by atoms with E-state index in [-0.39, 0.29) is 0 Å². The zero-order valence-electron chi connectivity index (χ0n) is 40.3. The van der Waals surface area contributed by atoms with Gasteiger partial charge in [-0.2, -0.15) is 0 Å². The van der Waals surface area contributed by atoms with E-state index < -0.39 is 0 Å². The molecule has 0 radical (unpaired) electrons. The molecule has 0 saturated heterocycles. The minimum Gasteiger partial charge on any atom is -0.310 e. The van der Waals surface area contributed by atoms with Crippen LogP contribution in [0.5, 0.6) is 0 Å². The summed E-state index contributed by atoms with van der Waals surface area (Å²) in [5.41, 5.74) is 26.8. The molecule has 0 saturated carbocycles. The van der Waals surface area contributed by atoms with Crippen LogP contribution in [-0.2, 0) is 0 Å². The molecular weight excluding hydrogens is 869 g/mol. The Morgan fingerprint density at radius 1 is 0.250 bits per heavy atom. The summed E-state index contributed by atoms with van der Waals surface area (Å²) in [6, 6.07) is 97.9. The van der Waals surface area contributed by atoms with Crippen molar-refractivity contribution in [3.05, 3.63) is 289 Å². The van der Waals surface area contributed by atoms with Gasteiger partial charge in [0.1, 0.15) is 0 Å². The van der Waals surface area contributed by atoms with Gasteiger partial charge in [-0.1, -0.05) is 214 Å². The van der Waals surface area contributed by atoms with Crippen LogP contribution in [0.25, 0.3) is 94.3 Å². The van der Waals surface area contributed by atoms with Crippen molar-refractivity contribution in [3.63, 3.8) is 0 Å². The first-order chi connectivity index (χ1) is 35.7. The van der Waals surface area contributed by atoms with Crippen LogP contribution in [0.15, 0.2) is 267 Å². The summed E-state index contributed by atoms with van der Waals surface area (Å²) in [4.78, 5) is 2.42. The minimum absolute atomic E-state index is 1.09.